The smallest absolute Gasteiger partial charge is 0.255 e. The maximum absolute atomic E-state index is 13.5. The number of aryl methyl sites for hydroxylation is 2. The third-order valence-electron chi connectivity index (χ3n) is 15.4. The number of hydrogen-bond donors (Lipinski definition) is 7. The number of rotatable bonds is 21. The predicted octanol–water partition coefficient (Wildman–Crippen LogP) is 14.8. The van der Waals surface area contributed by atoms with Gasteiger partial charge in [-0.05, 0) is 206 Å². The summed E-state index contributed by atoms with van der Waals surface area (Å²) in [6.45, 7) is 4.60. The minimum atomic E-state index is -0.511. The minimum Gasteiger partial charge on any atom is -0.508 e. The Morgan fingerprint density at radius 1 is 0.386 bits per heavy atom. The molecule has 0 aliphatic heterocycles. The Morgan fingerprint density at radius 2 is 0.743 bits per heavy atom. The molecule has 0 aliphatic carbocycles. The van der Waals surface area contributed by atoms with Gasteiger partial charge < -0.3 is 50.6 Å². The fraction of sp³-hybridized carbons (Fsp3) is 0.127. The first-order valence-electron chi connectivity index (χ1n) is 31.0. The van der Waals surface area contributed by atoms with Crippen molar-refractivity contribution in [2.24, 2.45) is 0 Å². The molecule has 3 amide bonds. The van der Waals surface area contributed by atoms with Crippen LogP contribution in [0.2, 0.25) is 0 Å². The van der Waals surface area contributed by atoms with E-state index in [9.17, 15) is 62.4 Å². The molecule has 0 bridgehead atoms. The third kappa shape index (κ3) is 19.2. The average molecular weight is 1370 g/mol. The number of ketones is 3. The summed E-state index contributed by atoms with van der Waals surface area (Å²) >= 11 is 0. The number of benzene rings is 9. The second-order valence-corrected chi connectivity index (χ2v) is 23.0. The number of ether oxygens (including phenoxy) is 3. The number of halogens is 3. The van der Waals surface area contributed by atoms with E-state index in [-0.39, 0.29) is 104 Å². The number of carbonyl (C=O) groups excluding carboxylic acids is 6. The molecule has 0 unspecified atom stereocenters. The van der Waals surface area contributed by atoms with Gasteiger partial charge in [-0.2, -0.15) is 0 Å². The molecule has 12 rings (SSSR count). The highest BCUT2D eigenvalue weighted by atomic mass is 19.1. The number of pyridine rings is 3. The van der Waals surface area contributed by atoms with Gasteiger partial charge >= 0.3 is 0 Å². The lowest BCUT2D eigenvalue weighted by Crippen LogP contribution is -2.15. The molecule has 0 aliphatic rings. The first-order valence-corrected chi connectivity index (χ1v) is 31.0. The summed E-state index contributed by atoms with van der Waals surface area (Å²) in [5, 5.41) is 49.3. The standard InChI is InChI=1S/C26H21FN2O5.2C26H21FN2O4.CH4/c1-15-22(31)11-16(12-23(15)32)10-19(30)14-34-24-8-7-21(20-6-3-9-28-25(20)24)29-26(33)17-4-2-5-18(27)13-17;1-16-7-8-17(13-23(16)31)12-20(30)15-33-24-10-9-22(21-6-3-11-28-25(21)24)29-26(32)18-4-2-5-19(27)14-18;1-16-10-17(12-20(30)11-16)13-21(31)15-33-24-8-7-23(22-6-3-9-28-25(22)24)29-26(32)18-4-2-5-19(27)14-18;/h2-9,11-13,31-32H,10,14H2,1H3,(H,29,33);2-11,13-14,31H,12,15H2,1H3,(H,29,32);2-12,14,30H,13,15H2,1H3,(H,29,32);1H4. The topological polar surface area (TPSA) is 286 Å². The van der Waals surface area contributed by atoms with Crippen molar-refractivity contribution < 1.29 is 76.6 Å². The van der Waals surface area contributed by atoms with E-state index in [1.807, 2.05) is 13.0 Å². The Balaban J connectivity index is 0.000000176. The summed E-state index contributed by atoms with van der Waals surface area (Å²) in [4.78, 5) is 87.9. The lowest BCUT2D eigenvalue weighted by molar-refractivity contribution is -0.121. The third-order valence-corrected chi connectivity index (χ3v) is 15.4. The van der Waals surface area contributed by atoms with Crippen LogP contribution in [0.3, 0.4) is 0 Å². The molecule has 0 saturated carbocycles. The van der Waals surface area contributed by atoms with Crippen molar-refractivity contribution in [2.45, 2.75) is 47.5 Å². The number of phenolic OH excluding ortho intramolecular Hbond substituents is 4. The number of aromatic hydroxyl groups is 4. The summed E-state index contributed by atoms with van der Waals surface area (Å²) in [7, 11) is 0. The molecule has 22 heteroatoms. The van der Waals surface area contributed by atoms with Gasteiger partial charge in [-0.3, -0.25) is 43.7 Å². The van der Waals surface area contributed by atoms with Gasteiger partial charge in [-0.1, -0.05) is 43.8 Å². The predicted molar refractivity (Wildman–Crippen MR) is 378 cm³/mol. The summed E-state index contributed by atoms with van der Waals surface area (Å²) < 4.78 is 57.5. The molecular formula is C79H67F3N6O13. The maximum atomic E-state index is 13.5. The van der Waals surface area contributed by atoms with Gasteiger partial charge in [-0.15, -0.1) is 0 Å². The number of nitrogens with zero attached hydrogens (tertiary/aromatic N) is 3. The van der Waals surface area contributed by atoms with Crippen LogP contribution < -0.4 is 30.2 Å². The van der Waals surface area contributed by atoms with Gasteiger partial charge in [0.2, 0.25) is 0 Å². The second-order valence-electron chi connectivity index (χ2n) is 23.0. The van der Waals surface area contributed by atoms with E-state index < -0.39 is 35.2 Å². The number of Topliss-reactive ketones (excluding diaryl/α,β-unsaturated/α-hetero) is 3. The number of fused-ring (bicyclic) bond motifs is 3. The van der Waals surface area contributed by atoms with E-state index in [1.165, 1.54) is 66.7 Å². The molecule has 3 aromatic heterocycles. The number of amides is 3. The molecule has 0 atom stereocenters. The van der Waals surface area contributed by atoms with Crippen molar-refractivity contribution in [2.75, 3.05) is 35.8 Å². The molecule has 3 heterocycles. The number of carbonyl (C=O) groups is 6. The van der Waals surface area contributed by atoms with Crippen LogP contribution in [0.15, 0.2) is 213 Å². The van der Waals surface area contributed by atoms with Crippen LogP contribution in [0.1, 0.15) is 71.9 Å². The van der Waals surface area contributed by atoms with Gasteiger partial charge in [0.15, 0.2) is 17.3 Å². The quantitative estimate of drug-likeness (QED) is 0.0352. The number of aromatic nitrogens is 3. The van der Waals surface area contributed by atoms with Crippen molar-refractivity contribution in [3.8, 4) is 40.2 Å². The highest BCUT2D eigenvalue weighted by Crippen LogP contribution is 2.35. The Bertz CT molecular complexity index is 5070. The van der Waals surface area contributed by atoms with Crippen LogP contribution in [0.4, 0.5) is 30.2 Å². The zero-order valence-electron chi connectivity index (χ0n) is 53.9. The van der Waals surface area contributed by atoms with E-state index in [0.717, 1.165) is 29.3 Å². The largest absolute Gasteiger partial charge is 0.508 e. The second kappa shape index (κ2) is 33.3. The normalized spacial score (nSPS) is 10.6. The van der Waals surface area contributed by atoms with Crippen LogP contribution >= 0.6 is 0 Å². The molecule has 101 heavy (non-hydrogen) atoms. The Kier molecular flexibility index (Phi) is 23.8. The summed E-state index contributed by atoms with van der Waals surface area (Å²) in [5.74, 6) is -2.25. The number of phenols is 4. The van der Waals surface area contributed by atoms with E-state index >= 15 is 0 Å². The molecule has 7 N–H and O–H groups in total. The van der Waals surface area contributed by atoms with Crippen molar-refractivity contribution in [3.63, 3.8) is 0 Å². The average Bonchev–Trinajstić information content (AvgIpc) is 0.810. The zero-order chi connectivity index (χ0) is 71.0. The van der Waals surface area contributed by atoms with E-state index in [0.29, 0.717) is 89.3 Å². The number of nitrogens with one attached hydrogen (secondary N) is 3. The van der Waals surface area contributed by atoms with Crippen LogP contribution in [-0.2, 0) is 33.6 Å². The Hall–Kier alpha value is -13.0. The van der Waals surface area contributed by atoms with E-state index in [4.69, 9.17) is 14.2 Å². The summed E-state index contributed by atoms with van der Waals surface area (Å²) in [6, 6.07) is 49.4. The van der Waals surface area contributed by atoms with E-state index in [1.54, 1.807) is 136 Å². The van der Waals surface area contributed by atoms with Crippen LogP contribution in [-0.4, -0.2) is 90.3 Å². The monoisotopic (exact) mass is 1360 g/mol. The highest BCUT2D eigenvalue weighted by molar-refractivity contribution is 6.11. The summed E-state index contributed by atoms with van der Waals surface area (Å²) in [5.41, 5.74) is 7.23. The Morgan fingerprint density at radius 3 is 1.10 bits per heavy atom. The van der Waals surface area contributed by atoms with Crippen LogP contribution in [0.5, 0.6) is 40.2 Å². The molecule has 12 aromatic rings. The minimum absolute atomic E-state index is 0. The molecule has 19 nitrogen and oxygen atoms in total. The van der Waals surface area contributed by atoms with Gasteiger partial charge in [0.25, 0.3) is 17.7 Å². The number of anilines is 3. The first kappa shape index (κ1) is 72.3. The van der Waals surface area contributed by atoms with Crippen LogP contribution in [0.25, 0.3) is 32.7 Å². The van der Waals surface area contributed by atoms with Crippen molar-refractivity contribution in [1.29, 1.82) is 0 Å². The molecule has 9 aromatic carbocycles. The Labute approximate surface area is 577 Å². The molecule has 0 saturated heterocycles. The lowest BCUT2D eigenvalue weighted by atomic mass is 10.1. The van der Waals surface area contributed by atoms with Crippen molar-refractivity contribution >= 4 is 84.8 Å². The number of hydrogen-bond acceptors (Lipinski definition) is 16. The molecular weight excluding hydrogens is 1300 g/mol. The van der Waals surface area contributed by atoms with Crippen molar-refractivity contribution in [3.05, 3.63) is 280 Å². The SMILES string of the molecule is C.Cc1c(O)cc(CC(=O)COc2ccc(NC(=O)c3cccc(F)c3)c3cccnc23)cc1O.Cc1cc(O)cc(CC(=O)COc2ccc(NC(=O)c3cccc(F)c3)c3cccnc23)c1.Cc1ccc(CC(=O)COc2ccc(NC(=O)c3cccc(F)c3)c3cccnc23)cc1O. The molecule has 0 spiro atoms. The van der Waals surface area contributed by atoms with Crippen LogP contribution in [0, 0.1) is 38.2 Å². The molecule has 0 radical (unpaired) electrons. The first-order chi connectivity index (χ1) is 48.1. The maximum Gasteiger partial charge on any atom is 0.255 e. The molecule has 0 fully saturated rings. The fourth-order valence-electron chi connectivity index (χ4n) is 10.5. The van der Waals surface area contributed by atoms with E-state index in [2.05, 4.69) is 30.9 Å². The van der Waals surface area contributed by atoms with Crippen molar-refractivity contribution in [1.82, 2.24) is 15.0 Å². The lowest BCUT2D eigenvalue weighted by Gasteiger charge is -2.13. The van der Waals surface area contributed by atoms with Gasteiger partial charge in [0.05, 0.1) is 17.1 Å². The van der Waals surface area contributed by atoms with Gasteiger partial charge in [0, 0.05) is 76.3 Å². The molecule has 512 valence electrons. The summed E-state index contributed by atoms with van der Waals surface area (Å²) in [6.07, 6.45) is 4.96. The zero-order valence-corrected chi connectivity index (χ0v) is 53.9. The van der Waals surface area contributed by atoms with Gasteiger partial charge in [0.1, 0.15) is 94.1 Å². The van der Waals surface area contributed by atoms with Gasteiger partial charge in [-0.25, -0.2) is 13.2 Å². The fourth-order valence-corrected chi connectivity index (χ4v) is 10.5. The highest BCUT2D eigenvalue weighted by Gasteiger charge is 2.19.